The van der Waals surface area contributed by atoms with E-state index in [1.807, 2.05) is 0 Å². The lowest BCUT2D eigenvalue weighted by atomic mass is 9.98. The van der Waals surface area contributed by atoms with Gasteiger partial charge in [0.1, 0.15) is 18.8 Å². The number of rotatable bonds is 46. The summed E-state index contributed by atoms with van der Waals surface area (Å²) in [5.41, 5.74) is 0. The quantitative estimate of drug-likeness (QED) is 0.0228. The van der Waals surface area contributed by atoms with Crippen molar-refractivity contribution in [2.75, 3.05) is 13.2 Å². The number of hydrogen-bond donors (Lipinski definition) is 3. The highest BCUT2D eigenvalue weighted by atomic mass is 16.7. The molecule has 422 valence electrons. The summed E-state index contributed by atoms with van der Waals surface area (Å²) in [4.78, 5) is 51.0. The van der Waals surface area contributed by atoms with Gasteiger partial charge in [0.2, 0.25) is 0 Å². The van der Waals surface area contributed by atoms with Gasteiger partial charge in [0, 0.05) is 19.3 Å². The number of carboxylic acid groups (broad SMARTS) is 1. The van der Waals surface area contributed by atoms with Crippen molar-refractivity contribution in [3.8, 4) is 0 Å². The second kappa shape index (κ2) is 50.0. The van der Waals surface area contributed by atoms with Crippen molar-refractivity contribution in [2.24, 2.45) is 0 Å². The SMILES string of the molecule is CC/C=C\C/C=C\C/C=C\C/C=C\C/C=C\CCCCCC(=O)OC1C(OCC(COC(=O)CCCCC/C=C\C/C=C\C/C=C\CC)OC(=O)CCCCCCC/C=C\C/C=C\CCC)OC(C(=O)O)C(O)C1O. The van der Waals surface area contributed by atoms with E-state index in [4.69, 9.17) is 23.7 Å². The van der Waals surface area contributed by atoms with Crippen LogP contribution in [-0.4, -0.2) is 89.2 Å². The Bertz CT molecular complexity index is 1770. The third-order valence-corrected chi connectivity index (χ3v) is 12.0. The Balaban J connectivity index is 2.74. The van der Waals surface area contributed by atoms with Crippen molar-refractivity contribution in [1.29, 1.82) is 0 Å². The molecule has 1 aliphatic heterocycles. The normalized spacial score (nSPS) is 19.1. The highest BCUT2D eigenvalue weighted by Gasteiger charge is 2.50. The molecule has 0 bridgehead atoms. The third-order valence-electron chi connectivity index (χ3n) is 12.0. The standard InChI is InChI=1S/C63H98O12/c1-4-7-10-13-16-19-22-25-26-27-28-29-30-33-36-39-42-45-48-51-57(66)74-61-59(68)58(67)60(62(69)70)75-63(61)72-53-54(73-56(65)50-47-44-41-38-35-32-24-21-18-15-12-9-6-3)52-71-55(64)49-46-43-40-37-34-31-23-20-17-14-11-8-5-2/h7-8,10-12,15-17,19-21,24-26,28-29,31,33-34,36,54,58-61,63,67-68H,4-6,9,13-14,18,22-23,27,30,32,35,37-53H2,1-3H3,(H,69,70)/b10-7-,11-8-,15-12-,19-16-,20-17-,24-21-,26-25-,29-28-,34-31-,36-33-. The van der Waals surface area contributed by atoms with E-state index in [2.05, 4.69) is 142 Å². The molecular formula is C63H98O12. The van der Waals surface area contributed by atoms with Crippen LogP contribution in [0.2, 0.25) is 0 Å². The van der Waals surface area contributed by atoms with E-state index in [0.717, 1.165) is 141 Å². The highest BCUT2D eigenvalue weighted by Crippen LogP contribution is 2.26. The summed E-state index contributed by atoms with van der Waals surface area (Å²) >= 11 is 0. The minimum Gasteiger partial charge on any atom is -0.479 e. The van der Waals surface area contributed by atoms with E-state index in [0.29, 0.717) is 19.3 Å². The second-order valence-electron chi connectivity index (χ2n) is 18.8. The minimum atomic E-state index is -1.93. The molecule has 0 aliphatic carbocycles. The molecule has 75 heavy (non-hydrogen) atoms. The third kappa shape index (κ3) is 40.1. The summed E-state index contributed by atoms with van der Waals surface area (Å²) in [5, 5.41) is 31.5. The number of ether oxygens (including phenoxy) is 5. The maximum Gasteiger partial charge on any atom is 0.335 e. The maximum atomic E-state index is 13.1. The first-order valence-electron chi connectivity index (χ1n) is 28.5. The van der Waals surface area contributed by atoms with Crippen LogP contribution < -0.4 is 0 Å². The predicted octanol–water partition coefficient (Wildman–Crippen LogP) is 14.4. The molecule has 1 rings (SSSR count). The first-order chi connectivity index (χ1) is 36.6. The molecule has 1 fully saturated rings. The van der Waals surface area contributed by atoms with Crippen molar-refractivity contribution in [3.05, 3.63) is 122 Å². The molecule has 12 heteroatoms. The zero-order valence-electron chi connectivity index (χ0n) is 46.2. The molecule has 1 heterocycles. The van der Waals surface area contributed by atoms with Gasteiger partial charge in [-0.3, -0.25) is 14.4 Å². The average molecular weight is 1050 g/mol. The number of carbonyl (C=O) groups is 4. The molecule has 1 aliphatic rings. The van der Waals surface area contributed by atoms with Gasteiger partial charge >= 0.3 is 23.9 Å². The van der Waals surface area contributed by atoms with Gasteiger partial charge < -0.3 is 39.0 Å². The van der Waals surface area contributed by atoms with Gasteiger partial charge in [0.25, 0.3) is 0 Å². The van der Waals surface area contributed by atoms with Crippen LogP contribution in [0.4, 0.5) is 0 Å². The van der Waals surface area contributed by atoms with Crippen LogP contribution in [-0.2, 0) is 42.9 Å². The molecule has 12 nitrogen and oxygen atoms in total. The first-order valence-corrected chi connectivity index (χ1v) is 28.5. The van der Waals surface area contributed by atoms with Crippen molar-refractivity contribution in [3.63, 3.8) is 0 Å². The van der Waals surface area contributed by atoms with Gasteiger partial charge in [-0.05, 0) is 122 Å². The van der Waals surface area contributed by atoms with Crippen LogP contribution in [0.15, 0.2) is 122 Å². The number of aliphatic hydroxyl groups is 2. The summed E-state index contributed by atoms with van der Waals surface area (Å²) in [5.74, 6) is -3.24. The Morgan fingerprint density at radius 1 is 0.453 bits per heavy atom. The molecule has 0 radical (unpaired) electrons. The van der Waals surface area contributed by atoms with E-state index in [1.54, 1.807) is 0 Å². The maximum absolute atomic E-state index is 13.1. The van der Waals surface area contributed by atoms with Gasteiger partial charge in [-0.1, -0.05) is 181 Å². The fourth-order valence-electron chi connectivity index (χ4n) is 7.68. The molecule has 3 N–H and O–H groups in total. The van der Waals surface area contributed by atoms with Gasteiger partial charge in [0.05, 0.1) is 6.61 Å². The Kier molecular flexibility index (Phi) is 45.4. The lowest BCUT2D eigenvalue weighted by Crippen LogP contribution is -2.61. The monoisotopic (exact) mass is 1050 g/mol. The molecule has 0 aromatic carbocycles. The number of aliphatic carboxylic acids is 1. The zero-order valence-corrected chi connectivity index (χ0v) is 46.2. The van der Waals surface area contributed by atoms with E-state index < -0.39 is 67.3 Å². The van der Waals surface area contributed by atoms with Crippen LogP contribution in [0.1, 0.15) is 201 Å². The highest BCUT2D eigenvalue weighted by molar-refractivity contribution is 5.74. The molecule has 0 saturated carbocycles. The Hall–Kier alpha value is -4.88. The second-order valence-corrected chi connectivity index (χ2v) is 18.8. The average Bonchev–Trinajstić information content (AvgIpc) is 3.39. The van der Waals surface area contributed by atoms with Crippen LogP contribution >= 0.6 is 0 Å². The van der Waals surface area contributed by atoms with Gasteiger partial charge in [-0.25, -0.2) is 4.79 Å². The summed E-state index contributed by atoms with van der Waals surface area (Å²) in [6.07, 6.45) is 56.0. The number of hydrogen-bond acceptors (Lipinski definition) is 11. The van der Waals surface area contributed by atoms with Crippen LogP contribution in [0, 0.1) is 0 Å². The minimum absolute atomic E-state index is 0.00995. The summed E-state index contributed by atoms with van der Waals surface area (Å²) < 4.78 is 28.3. The molecule has 6 unspecified atom stereocenters. The molecule has 0 aromatic rings. The lowest BCUT2D eigenvalue weighted by molar-refractivity contribution is -0.301. The molecule has 6 atom stereocenters. The van der Waals surface area contributed by atoms with E-state index in [1.165, 1.54) is 0 Å². The molecule has 1 saturated heterocycles. The summed E-state index contributed by atoms with van der Waals surface area (Å²) in [6, 6.07) is 0. The first kappa shape index (κ1) is 68.1. The molecular weight excluding hydrogens is 949 g/mol. The molecule has 0 amide bonds. The summed E-state index contributed by atoms with van der Waals surface area (Å²) in [6.45, 7) is 5.62. The number of allylic oxidation sites excluding steroid dienone is 20. The van der Waals surface area contributed by atoms with E-state index in [-0.39, 0.29) is 25.9 Å². The fraction of sp³-hybridized carbons (Fsp3) is 0.619. The van der Waals surface area contributed by atoms with Crippen LogP contribution in [0.5, 0.6) is 0 Å². The topological polar surface area (TPSA) is 175 Å². The van der Waals surface area contributed by atoms with Gasteiger partial charge in [-0.15, -0.1) is 0 Å². The van der Waals surface area contributed by atoms with Crippen molar-refractivity contribution < 1.29 is 58.2 Å². The van der Waals surface area contributed by atoms with Crippen molar-refractivity contribution >= 4 is 23.9 Å². The van der Waals surface area contributed by atoms with Gasteiger partial charge in [0.15, 0.2) is 24.6 Å². The van der Waals surface area contributed by atoms with Crippen LogP contribution in [0.3, 0.4) is 0 Å². The zero-order chi connectivity index (χ0) is 54.7. The number of unbranched alkanes of at least 4 members (excludes halogenated alkanes) is 12. The molecule has 0 aromatic heterocycles. The van der Waals surface area contributed by atoms with Crippen LogP contribution in [0.25, 0.3) is 0 Å². The predicted molar refractivity (Wildman–Crippen MR) is 303 cm³/mol. The van der Waals surface area contributed by atoms with E-state index in [9.17, 15) is 34.5 Å². The number of esters is 3. The van der Waals surface area contributed by atoms with Crippen molar-refractivity contribution in [1.82, 2.24) is 0 Å². The largest absolute Gasteiger partial charge is 0.479 e. The number of aliphatic hydroxyl groups excluding tert-OH is 2. The lowest BCUT2D eigenvalue weighted by Gasteiger charge is -2.40. The summed E-state index contributed by atoms with van der Waals surface area (Å²) in [7, 11) is 0. The smallest absolute Gasteiger partial charge is 0.335 e. The molecule has 0 spiro atoms. The van der Waals surface area contributed by atoms with Gasteiger partial charge in [-0.2, -0.15) is 0 Å². The fourth-order valence-corrected chi connectivity index (χ4v) is 7.68. The number of carboxylic acids is 1. The number of carbonyl (C=O) groups excluding carboxylic acids is 3. The Labute approximate surface area is 452 Å². The Morgan fingerprint density at radius 3 is 1.29 bits per heavy atom. The Morgan fingerprint density at radius 2 is 0.840 bits per heavy atom. The van der Waals surface area contributed by atoms with Crippen molar-refractivity contribution in [2.45, 2.75) is 237 Å². The van der Waals surface area contributed by atoms with E-state index >= 15 is 0 Å².